The molecule has 1 aliphatic heterocycles. The molecule has 1 fully saturated rings. The zero-order valence-electron chi connectivity index (χ0n) is 14.3. The predicted octanol–water partition coefficient (Wildman–Crippen LogP) is 3.80. The van der Waals surface area contributed by atoms with E-state index >= 15 is 0 Å². The molecule has 1 saturated heterocycles. The average molecular weight is 319 g/mol. The number of hydrogen-bond donors (Lipinski definition) is 1. The third-order valence-corrected chi connectivity index (χ3v) is 4.78. The average Bonchev–Trinajstić information content (AvgIpc) is 2.68. The molecule has 1 heterocycles. The maximum absolute atomic E-state index is 11.4. The van der Waals surface area contributed by atoms with Crippen LogP contribution in [0.2, 0.25) is 0 Å². The van der Waals surface area contributed by atoms with Gasteiger partial charge in [-0.3, -0.25) is 4.90 Å². The van der Waals surface area contributed by atoms with Gasteiger partial charge < -0.3 is 5.11 Å². The van der Waals surface area contributed by atoms with E-state index in [2.05, 4.69) is 23.7 Å². The van der Waals surface area contributed by atoms with Crippen LogP contribution in [0, 0.1) is 11.8 Å². The lowest BCUT2D eigenvalue weighted by Crippen LogP contribution is -2.37. The highest BCUT2D eigenvalue weighted by Gasteiger charge is 2.29. The number of rotatable bonds is 3. The smallest absolute Gasteiger partial charge is 0.176 e. The van der Waals surface area contributed by atoms with Gasteiger partial charge in [-0.15, -0.1) is 0 Å². The topological polar surface area (TPSA) is 23.5 Å². The standard InChI is InChI=1S/C22H25NO/c1-19(23-17-9-4-10-18-23)15-16-22(24,20-11-5-2-6-12-20)21-13-7-3-8-14-21/h2-3,5-8,11-14,19,24H,4,9-10,17-18H2,1H3/t19-/m1/s1. The van der Waals surface area contributed by atoms with Crippen molar-refractivity contribution in [1.29, 1.82) is 0 Å². The molecule has 1 atom stereocenters. The lowest BCUT2D eigenvalue weighted by atomic mass is 9.86. The van der Waals surface area contributed by atoms with E-state index < -0.39 is 5.60 Å². The van der Waals surface area contributed by atoms with Crippen molar-refractivity contribution in [3.63, 3.8) is 0 Å². The summed E-state index contributed by atoms with van der Waals surface area (Å²) in [5.74, 6) is 6.51. The van der Waals surface area contributed by atoms with Crippen molar-refractivity contribution in [3.05, 3.63) is 71.8 Å². The molecule has 0 spiro atoms. The van der Waals surface area contributed by atoms with Gasteiger partial charge >= 0.3 is 0 Å². The van der Waals surface area contributed by atoms with Gasteiger partial charge in [0.05, 0.1) is 6.04 Å². The minimum atomic E-state index is -1.27. The van der Waals surface area contributed by atoms with Gasteiger partial charge in [0.1, 0.15) is 0 Å². The van der Waals surface area contributed by atoms with Gasteiger partial charge in [-0.05, 0) is 32.9 Å². The summed E-state index contributed by atoms with van der Waals surface area (Å²) in [4.78, 5) is 2.41. The van der Waals surface area contributed by atoms with Crippen molar-refractivity contribution in [2.45, 2.75) is 37.8 Å². The quantitative estimate of drug-likeness (QED) is 0.870. The molecule has 2 aromatic rings. The Balaban J connectivity index is 1.93. The Bertz CT molecular complexity index is 653. The summed E-state index contributed by atoms with van der Waals surface area (Å²) in [5.41, 5.74) is 0.358. The number of aliphatic hydroxyl groups is 1. The number of nitrogens with zero attached hydrogens (tertiary/aromatic N) is 1. The SMILES string of the molecule is C[C@H](C#CC(O)(c1ccccc1)c1ccccc1)N1CCCCC1. The van der Waals surface area contributed by atoms with Crippen LogP contribution in [0.25, 0.3) is 0 Å². The molecule has 2 aromatic carbocycles. The molecule has 2 heteroatoms. The fraction of sp³-hybridized carbons (Fsp3) is 0.364. The van der Waals surface area contributed by atoms with Crippen molar-refractivity contribution in [2.75, 3.05) is 13.1 Å². The van der Waals surface area contributed by atoms with E-state index in [-0.39, 0.29) is 6.04 Å². The molecular weight excluding hydrogens is 294 g/mol. The number of likely N-dealkylation sites (tertiary alicyclic amines) is 1. The molecule has 0 amide bonds. The van der Waals surface area contributed by atoms with Gasteiger partial charge in [-0.1, -0.05) is 78.9 Å². The van der Waals surface area contributed by atoms with Crippen LogP contribution in [-0.4, -0.2) is 29.1 Å². The number of hydrogen-bond acceptors (Lipinski definition) is 2. The Morgan fingerprint density at radius 3 is 1.88 bits per heavy atom. The minimum absolute atomic E-state index is 0.157. The zero-order valence-corrected chi connectivity index (χ0v) is 14.3. The van der Waals surface area contributed by atoms with E-state index in [0.29, 0.717) is 0 Å². The van der Waals surface area contributed by atoms with E-state index in [4.69, 9.17) is 0 Å². The van der Waals surface area contributed by atoms with E-state index in [1.165, 1.54) is 19.3 Å². The molecule has 0 radical (unpaired) electrons. The van der Waals surface area contributed by atoms with Crippen molar-refractivity contribution >= 4 is 0 Å². The van der Waals surface area contributed by atoms with Crippen LogP contribution in [0.3, 0.4) is 0 Å². The fourth-order valence-corrected chi connectivity index (χ4v) is 3.28. The Kier molecular flexibility index (Phi) is 5.35. The molecule has 0 aliphatic carbocycles. The number of piperidine rings is 1. The fourth-order valence-electron chi connectivity index (χ4n) is 3.28. The van der Waals surface area contributed by atoms with Gasteiger partial charge in [0.2, 0.25) is 0 Å². The van der Waals surface area contributed by atoms with Gasteiger partial charge in [-0.25, -0.2) is 0 Å². The van der Waals surface area contributed by atoms with E-state index in [9.17, 15) is 5.11 Å². The largest absolute Gasteiger partial charge is 0.369 e. The first-order chi connectivity index (χ1) is 11.7. The van der Waals surface area contributed by atoms with Crippen LogP contribution in [0.4, 0.5) is 0 Å². The third kappa shape index (κ3) is 3.70. The Morgan fingerprint density at radius 2 is 1.38 bits per heavy atom. The maximum atomic E-state index is 11.4. The first kappa shape index (κ1) is 16.8. The van der Waals surface area contributed by atoms with E-state index in [1.54, 1.807) is 0 Å². The second kappa shape index (κ2) is 7.66. The summed E-state index contributed by atoms with van der Waals surface area (Å²) in [6.45, 7) is 4.34. The maximum Gasteiger partial charge on any atom is 0.176 e. The van der Waals surface area contributed by atoms with Crippen molar-refractivity contribution in [3.8, 4) is 11.8 Å². The first-order valence-corrected chi connectivity index (χ1v) is 8.80. The minimum Gasteiger partial charge on any atom is -0.369 e. The highest BCUT2D eigenvalue weighted by molar-refractivity contribution is 5.44. The molecule has 0 saturated carbocycles. The summed E-state index contributed by atoms with van der Waals surface area (Å²) in [6.07, 6.45) is 3.80. The van der Waals surface area contributed by atoms with Crippen LogP contribution >= 0.6 is 0 Å². The van der Waals surface area contributed by atoms with Gasteiger partial charge in [0.15, 0.2) is 5.60 Å². The Morgan fingerprint density at radius 1 is 0.875 bits per heavy atom. The molecule has 124 valence electrons. The van der Waals surface area contributed by atoms with Crippen molar-refractivity contribution in [1.82, 2.24) is 4.90 Å². The van der Waals surface area contributed by atoms with E-state index in [1.807, 2.05) is 60.7 Å². The normalized spacial score (nSPS) is 16.9. The molecule has 1 N–H and O–H groups in total. The number of benzene rings is 2. The predicted molar refractivity (Wildman–Crippen MR) is 98.5 cm³/mol. The van der Waals surface area contributed by atoms with Crippen LogP contribution < -0.4 is 0 Å². The molecule has 24 heavy (non-hydrogen) atoms. The van der Waals surface area contributed by atoms with Crippen molar-refractivity contribution < 1.29 is 5.11 Å². The van der Waals surface area contributed by atoms with Crippen LogP contribution in [0.15, 0.2) is 60.7 Å². The molecular formula is C22H25NO. The summed E-state index contributed by atoms with van der Waals surface area (Å²) >= 11 is 0. The highest BCUT2D eigenvalue weighted by Crippen LogP contribution is 2.29. The monoisotopic (exact) mass is 319 g/mol. The molecule has 3 rings (SSSR count). The summed E-state index contributed by atoms with van der Waals surface area (Å²) in [5, 5.41) is 11.4. The lowest BCUT2D eigenvalue weighted by molar-refractivity contribution is 0.144. The molecule has 0 aromatic heterocycles. The molecule has 2 nitrogen and oxygen atoms in total. The van der Waals surface area contributed by atoms with Crippen LogP contribution in [0.1, 0.15) is 37.3 Å². The van der Waals surface area contributed by atoms with E-state index in [0.717, 1.165) is 24.2 Å². The first-order valence-electron chi connectivity index (χ1n) is 8.80. The van der Waals surface area contributed by atoms with Crippen molar-refractivity contribution in [2.24, 2.45) is 0 Å². The zero-order chi connectivity index (χ0) is 16.8. The van der Waals surface area contributed by atoms with Gasteiger partial charge in [0, 0.05) is 11.1 Å². The summed E-state index contributed by atoms with van der Waals surface area (Å²) < 4.78 is 0. The molecule has 0 bridgehead atoms. The van der Waals surface area contributed by atoms with Gasteiger partial charge in [-0.2, -0.15) is 0 Å². The molecule has 0 unspecified atom stereocenters. The second-order valence-corrected chi connectivity index (χ2v) is 6.48. The Labute approximate surface area is 145 Å². The lowest BCUT2D eigenvalue weighted by Gasteiger charge is -2.30. The summed E-state index contributed by atoms with van der Waals surface area (Å²) in [6, 6.07) is 19.6. The second-order valence-electron chi connectivity index (χ2n) is 6.48. The summed E-state index contributed by atoms with van der Waals surface area (Å²) in [7, 11) is 0. The highest BCUT2D eigenvalue weighted by atomic mass is 16.3. The van der Waals surface area contributed by atoms with Crippen LogP contribution in [0.5, 0.6) is 0 Å². The van der Waals surface area contributed by atoms with Crippen LogP contribution in [-0.2, 0) is 5.60 Å². The molecule has 1 aliphatic rings. The Hall–Kier alpha value is -2.08. The third-order valence-electron chi connectivity index (χ3n) is 4.78. The van der Waals surface area contributed by atoms with Gasteiger partial charge in [0.25, 0.3) is 0 Å².